The first-order chi connectivity index (χ1) is 13.2. The molecule has 0 bridgehead atoms. The van der Waals surface area contributed by atoms with Crippen LogP contribution in [0.3, 0.4) is 0 Å². The number of aromatic amines is 1. The van der Waals surface area contributed by atoms with Gasteiger partial charge in [-0.2, -0.15) is 5.26 Å². The van der Waals surface area contributed by atoms with Gasteiger partial charge in [0, 0.05) is 12.1 Å². The van der Waals surface area contributed by atoms with Crippen LogP contribution in [0.2, 0.25) is 0 Å². The highest BCUT2D eigenvalue weighted by Gasteiger charge is 2.36. The molecule has 1 aliphatic carbocycles. The molecule has 1 aromatic carbocycles. The second-order valence-electron chi connectivity index (χ2n) is 7.15. The van der Waals surface area contributed by atoms with E-state index in [0.717, 1.165) is 41.2 Å². The number of H-pyrrole nitrogens is 1. The van der Waals surface area contributed by atoms with Crippen LogP contribution in [-0.4, -0.2) is 30.7 Å². The Labute approximate surface area is 155 Å². The summed E-state index contributed by atoms with van der Waals surface area (Å²) in [6.45, 7) is 2.24. The van der Waals surface area contributed by atoms with E-state index >= 15 is 0 Å². The Hall–Kier alpha value is -3.40. The SMILES string of the molecule is C[C@@H]1C[C@@H](Oc2ccc(C#N)cc2)CC1c1nnc2cnc3[nH]ccc3n12. The molecular formula is C20H18N6O. The van der Waals surface area contributed by atoms with Crippen molar-refractivity contribution >= 4 is 16.8 Å². The summed E-state index contributed by atoms with van der Waals surface area (Å²) in [6.07, 6.45) is 5.60. The van der Waals surface area contributed by atoms with E-state index in [1.54, 1.807) is 18.3 Å². The summed E-state index contributed by atoms with van der Waals surface area (Å²) in [4.78, 5) is 7.53. The Morgan fingerprint density at radius 2 is 2.04 bits per heavy atom. The van der Waals surface area contributed by atoms with Crippen molar-refractivity contribution in [3.63, 3.8) is 0 Å². The third-order valence-electron chi connectivity index (χ3n) is 5.42. The summed E-state index contributed by atoms with van der Waals surface area (Å²) in [7, 11) is 0. The first-order valence-corrected chi connectivity index (χ1v) is 9.07. The number of nitriles is 1. The van der Waals surface area contributed by atoms with Crippen LogP contribution in [0.1, 0.15) is 37.1 Å². The Balaban J connectivity index is 1.43. The summed E-state index contributed by atoms with van der Waals surface area (Å²) in [5, 5.41) is 17.7. The van der Waals surface area contributed by atoms with E-state index in [2.05, 4.69) is 37.6 Å². The molecule has 7 nitrogen and oxygen atoms in total. The van der Waals surface area contributed by atoms with E-state index in [0.29, 0.717) is 11.5 Å². The molecule has 0 amide bonds. The Morgan fingerprint density at radius 3 is 2.85 bits per heavy atom. The molecule has 1 saturated carbocycles. The molecule has 7 heteroatoms. The van der Waals surface area contributed by atoms with Crippen molar-refractivity contribution in [2.45, 2.75) is 31.8 Å². The van der Waals surface area contributed by atoms with Crippen molar-refractivity contribution in [2.75, 3.05) is 0 Å². The molecule has 4 aromatic rings. The van der Waals surface area contributed by atoms with Gasteiger partial charge in [-0.1, -0.05) is 6.92 Å². The van der Waals surface area contributed by atoms with Crippen LogP contribution in [0, 0.1) is 17.2 Å². The van der Waals surface area contributed by atoms with Crippen molar-refractivity contribution in [2.24, 2.45) is 5.92 Å². The fourth-order valence-electron chi connectivity index (χ4n) is 4.09. The molecule has 1 aliphatic rings. The number of nitrogens with zero attached hydrogens (tertiary/aromatic N) is 5. The monoisotopic (exact) mass is 358 g/mol. The maximum Gasteiger partial charge on any atom is 0.179 e. The van der Waals surface area contributed by atoms with Crippen LogP contribution in [-0.2, 0) is 0 Å². The Morgan fingerprint density at radius 1 is 1.19 bits per heavy atom. The second kappa shape index (κ2) is 6.09. The molecule has 1 fully saturated rings. The fraction of sp³-hybridized carbons (Fsp3) is 0.300. The summed E-state index contributed by atoms with van der Waals surface area (Å²) in [5.41, 5.74) is 3.23. The first kappa shape index (κ1) is 15.8. The number of hydrogen-bond acceptors (Lipinski definition) is 5. The number of ether oxygens (including phenoxy) is 1. The normalized spacial score (nSPS) is 22.3. The molecule has 0 radical (unpaired) electrons. The zero-order chi connectivity index (χ0) is 18.4. The minimum Gasteiger partial charge on any atom is -0.490 e. The molecule has 3 heterocycles. The summed E-state index contributed by atoms with van der Waals surface area (Å²) in [6, 6.07) is 11.4. The van der Waals surface area contributed by atoms with Crippen molar-refractivity contribution < 1.29 is 4.74 Å². The average molecular weight is 358 g/mol. The average Bonchev–Trinajstić information content (AvgIpc) is 3.39. The van der Waals surface area contributed by atoms with E-state index in [9.17, 15) is 0 Å². The highest BCUT2D eigenvalue weighted by molar-refractivity contribution is 5.74. The summed E-state index contributed by atoms with van der Waals surface area (Å²) < 4.78 is 8.27. The third-order valence-corrected chi connectivity index (χ3v) is 5.42. The molecule has 0 aliphatic heterocycles. The lowest BCUT2D eigenvalue weighted by molar-refractivity contribution is 0.204. The van der Waals surface area contributed by atoms with Gasteiger partial charge in [-0.05, 0) is 49.1 Å². The Kier molecular flexibility index (Phi) is 3.57. The highest BCUT2D eigenvalue weighted by Crippen LogP contribution is 2.41. The van der Waals surface area contributed by atoms with E-state index in [4.69, 9.17) is 10.00 Å². The summed E-state index contributed by atoms with van der Waals surface area (Å²) >= 11 is 0. The van der Waals surface area contributed by atoms with Crippen LogP contribution < -0.4 is 4.74 Å². The molecule has 1 unspecified atom stereocenters. The largest absolute Gasteiger partial charge is 0.490 e. The number of rotatable bonds is 3. The van der Waals surface area contributed by atoms with Crippen LogP contribution in [0.25, 0.3) is 16.8 Å². The third kappa shape index (κ3) is 2.61. The van der Waals surface area contributed by atoms with Crippen molar-refractivity contribution in [1.82, 2.24) is 24.6 Å². The smallest absolute Gasteiger partial charge is 0.179 e. The van der Waals surface area contributed by atoms with Gasteiger partial charge in [0.15, 0.2) is 11.3 Å². The highest BCUT2D eigenvalue weighted by atomic mass is 16.5. The molecule has 1 N–H and O–H groups in total. The van der Waals surface area contributed by atoms with Gasteiger partial charge in [0.25, 0.3) is 0 Å². The lowest BCUT2D eigenvalue weighted by atomic mass is 9.97. The zero-order valence-electron chi connectivity index (χ0n) is 14.8. The van der Waals surface area contributed by atoms with Gasteiger partial charge in [0.1, 0.15) is 11.6 Å². The van der Waals surface area contributed by atoms with Gasteiger partial charge in [-0.3, -0.25) is 4.40 Å². The number of fused-ring (bicyclic) bond motifs is 3. The maximum atomic E-state index is 8.92. The minimum absolute atomic E-state index is 0.119. The maximum absolute atomic E-state index is 8.92. The summed E-state index contributed by atoms with van der Waals surface area (Å²) in [5.74, 6) is 2.47. The van der Waals surface area contributed by atoms with Crippen molar-refractivity contribution in [3.05, 3.63) is 54.1 Å². The molecule has 3 aromatic heterocycles. The zero-order valence-corrected chi connectivity index (χ0v) is 14.8. The quantitative estimate of drug-likeness (QED) is 0.606. The topological polar surface area (TPSA) is 91.9 Å². The molecule has 0 spiro atoms. The van der Waals surface area contributed by atoms with Crippen LogP contribution >= 0.6 is 0 Å². The van der Waals surface area contributed by atoms with Crippen molar-refractivity contribution in [3.8, 4) is 11.8 Å². The van der Waals surface area contributed by atoms with Crippen LogP contribution in [0.15, 0.2) is 42.7 Å². The van der Waals surface area contributed by atoms with E-state index in [-0.39, 0.29) is 12.0 Å². The van der Waals surface area contributed by atoms with E-state index in [1.807, 2.05) is 24.4 Å². The van der Waals surface area contributed by atoms with Crippen LogP contribution in [0.4, 0.5) is 0 Å². The standard InChI is InChI=1S/C20H18N6O/c1-12-8-15(27-14-4-2-13(10-21)3-5-14)9-16(12)20-25-24-18-11-23-19-17(26(18)20)6-7-22-19/h2-7,11-12,15-16,22H,8-9H2,1H3/t12-,15-,16?/m1/s1. The molecule has 5 rings (SSSR count). The van der Waals surface area contributed by atoms with Gasteiger partial charge in [0.05, 0.1) is 29.5 Å². The molecule has 27 heavy (non-hydrogen) atoms. The fourth-order valence-corrected chi connectivity index (χ4v) is 4.09. The predicted octanol–water partition coefficient (Wildman–Crippen LogP) is 3.44. The lowest BCUT2D eigenvalue weighted by Crippen LogP contribution is -2.12. The number of hydrogen-bond donors (Lipinski definition) is 1. The van der Waals surface area contributed by atoms with E-state index in [1.165, 1.54) is 0 Å². The van der Waals surface area contributed by atoms with E-state index < -0.39 is 0 Å². The Bertz CT molecular complexity index is 1150. The second-order valence-corrected chi connectivity index (χ2v) is 7.15. The van der Waals surface area contributed by atoms with Gasteiger partial charge >= 0.3 is 0 Å². The molecule has 0 saturated heterocycles. The van der Waals surface area contributed by atoms with Gasteiger partial charge in [-0.25, -0.2) is 4.98 Å². The predicted molar refractivity (Wildman–Crippen MR) is 99.4 cm³/mol. The lowest BCUT2D eigenvalue weighted by Gasteiger charge is -2.14. The first-order valence-electron chi connectivity index (χ1n) is 9.07. The minimum atomic E-state index is 0.119. The van der Waals surface area contributed by atoms with Gasteiger partial charge in [0.2, 0.25) is 0 Å². The van der Waals surface area contributed by atoms with Gasteiger partial charge < -0.3 is 9.72 Å². The number of benzene rings is 1. The van der Waals surface area contributed by atoms with Crippen LogP contribution in [0.5, 0.6) is 5.75 Å². The molecule has 3 atom stereocenters. The van der Waals surface area contributed by atoms with Crippen molar-refractivity contribution in [1.29, 1.82) is 5.26 Å². The molecular weight excluding hydrogens is 340 g/mol. The molecule has 134 valence electrons. The number of nitrogens with one attached hydrogen (secondary N) is 1. The van der Waals surface area contributed by atoms with Gasteiger partial charge in [-0.15, -0.1) is 10.2 Å². The number of aromatic nitrogens is 5.